The van der Waals surface area contributed by atoms with Crippen molar-refractivity contribution in [2.45, 2.75) is 0 Å². The van der Waals surface area contributed by atoms with Gasteiger partial charge in [0.2, 0.25) is 0 Å². The number of piperazine rings is 1. The lowest BCUT2D eigenvalue weighted by Crippen LogP contribution is -2.46. The number of carbonyl (C=O) groups excluding carboxylic acids is 1. The lowest BCUT2D eigenvalue weighted by atomic mass is 10.2. The zero-order chi connectivity index (χ0) is 19.2. The number of amides is 1. The molecule has 0 atom stereocenters. The summed E-state index contributed by atoms with van der Waals surface area (Å²) in [5.41, 5.74) is 2.05. The zero-order valence-electron chi connectivity index (χ0n) is 15.9. The van der Waals surface area contributed by atoms with Crippen molar-refractivity contribution in [1.82, 2.24) is 15.2 Å². The fraction of sp³-hybridized carbons (Fsp3) is 0.400. The summed E-state index contributed by atoms with van der Waals surface area (Å²) in [7, 11) is 3.93. The number of hydrogen-bond acceptors (Lipinski definition) is 5. The van der Waals surface area contributed by atoms with Gasteiger partial charge >= 0.3 is 0 Å². The molecule has 3 rings (SSSR count). The van der Waals surface area contributed by atoms with E-state index in [9.17, 15) is 9.18 Å². The van der Waals surface area contributed by atoms with E-state index in [1.54, 1.807) is 18.3 Å². The van der Waals surface area contributed by atoms with Crippen molar-refractivity contribution < 1.29 is 9.18 Å². The van der Waals surface area contributed by atoms with Crippen LogP contribution in [0.15, 0.2) is 42.6 Å². The molecule has 1 aromatic heterocycles. The van der Waals surface area contributed by atoms with Gasteiger partial charge in [-0.3, -0.25) is 4.79 Å². The van der Waals surface area contributed by atoms with Gasteiger partial charge in [-0.05, 0) is 38.4 Å². The van der Waals surface area contributed by atoms with Crippen LogP contribution in [-0.2, 0) is 0 Å². The number of pyridine rings is 1. The van der Waals surface area contributed by atoms with Gasteiger partial charge in [-0.2, -0.15) is 0 Å². The van der Waals surface area contributed by atoms with Gasteiger partial charge in [0.25, 0.3) is 5.91 Å². The van der Waals surface area contributed by atoms with Crippen molar-refractivity contribution in [3.8, 4) is 0 Å². The van der Waals surface area contributed by atoms with E-state index in [-0.39, 0.29) is 11.7 Å². The van der Waals surface area contributed by atoms with Crippen LogP contribution in [0.1, 0.15) is 10.5 Å². The van der Waals surface area contributed by atoms with Gasteiger partial charge in [0, 0.05) is 39.3 Å². The Labute approximate surface area is 159 Å². The van der Waals surface area contributed by atoms with Crippen molar-refractivity contribution in [2.75, 3.05) is 63.2 Å². The minimum Gasteiger partial charge on any atom is -0.367 e. The lowest BCUT2D eigenvalue weighted by molar-refractivity contribution is 0.0946. The first-order valence-corrected chi connectivity index (χ1v) is 9.18. The molecule has 0 radical (unpaired) electrons. The van der Waals surface area contributed by atoms with Gasteiger partial charge in [0.05, 0.1) is 17.6 Å². The maximum Gasteiger partial charge on any atom is 0.269 e. The average Bonchev–Trinajstić information content (AvgIpc) is 2.68. The molecule has 2 heterocycles. The third-order valence-electron chi connectivity index (χ3n) is 4.66. The molecular formula is C20H26FN5O. The van der Waals surface area contributed by atoms with E-state index in [2.05, 4.69) is 20.1 Å². The molecular weight excluding hydrogens is 345 g/mol. The minimum atomic E-state index is -0.183. The van der Waals surface area contributed by atoms with Crippen LogP contribution in [-0.4, -0.2) is 69.2 Å². The van der Waals surface area contributed by atoms with Gasteiger partial charge < -0.3 is 20.0 Å². The quantitative estimate of drug-likeness (QED) is 0.840. The summed E-state index contributed by atoms with van der Waals surface area (Å²) < 4.78 is 13.9. The number of likely N-dealkylation sites (N-methyl/N-ethyl adjacent to an activating group) is 1. The summed E-state index contributed by atoms with van der Waals surface area (Å²) in [6, 6.07) is 10.6. The molecule has 0 saturated carbocycles. The van der Waals surface area contributed by atoms with E-state index in [0.29, 0.717) is 17.9 Å². The van der Waals surface area contributed by atoms with Crippen molar-refractivity contribution in [3.05, 3.63) is 54.1 Å². The molecule has 2 aromatic rings. The van der Waals surface area contributed by atoms with Crippen LogP contribution in [0.4, 0.5) is 15.8 Å². The molecule has 1 saturated heterocycles. The highest BCUT2D eigenvalue weighted by molar-refractivity contribution is 5.92. The molecule has 1 fully saturated rings. The number of halogens is 1. The van der Waals surface area contributed by atoms with Crippen molar-refractivity contribution in [1.29, 1.82) is 0 Å². The number of nitrogens with one attached hydrogen (secondary N) is 1. The normalized spacial score (nSPS) is 14.5. The predicted molar refractivity (Wildman–Crippen MR) is 106 cm³/mol. The molecule has 144 valence electrons. The van der Waals surface area contributed by atoms with E-state index < -0.39 is 0 Å². The van der Waals surface area contributed by atoms with E-state index in [4.69, 9.17) is 0 Å². The number of benzene rings is 1. The molecule has 1 amide bonds. The third-order valence-corrected chi connectivity index (χ3v) is 4.66. The number of carbonyl (C=O) groups is 1. The topological polar surface area (TPSA) is 51.7 Å². The van der Waals surface area contributed by atoms with Crippen LogP contribution >= 0.6 is 0 Å². The molecule has 6 nitrogen and oxygen atoms in total. The van der Waals surface area contributed by atoms with Crippen LogP contribution in [0.5, 0.6) is 0 Å². The molecule has 0 spiro atoms. The molecule has 1 aromatic carbocycles. The maximum atomic E-state index is 13.9. The maximum absolute atomic E-state index is 13.9. The minimum absolute atomic E-state index is 0.159. The summed E-state index contributed by atoms with van der Waals surface area (Å²) in [6.07, 6.45) is 1.74. The second-order valence-corrected chi connectivity index (χ2v) is 6.89. The highest BCUT2D eigenvalue weighted by Gasteiger charge is 2.20. The summed E-state index contributed by atoms with van der Waals surface area (Å²) in [6.45, 7) is 4.43. The Morgan fingerprint density at radius 1 is 1.11 bits per heavy atom. The number of nitrogens with zero attached hydrogens (tertiary/aromatic N) is 4. The van der Waals surface area contributed by atoms with Crippen molar-refractivity contribution in [3.63, 3.8) is 0 Å². The Morgan fingerprint density at radius 2 is 1.81 bits per heavy atom. The zero-order valence-corrected chi connectivity index (χ0v) is 15.9. The fourth-order valence-electron chi connectivity index (χ4n) is 3.10. The second kappa shape index (κ2) is 8.81. The molecule has 0 bridgehead atoms. The molecule has 7 heteroatoms. The first-order chi connectivity index (χ1) is 13.0. The van der Waals surface area contributed by atoms with E-state index in [1.165, 1.54) is 6.07 Å². The van der Waals surface area contributed by atoms with Crippen LogP contribution in [0.25, 0.3) is 0 Å². The monoisotopic (exact) mass is 371 g/mol. The van der Waals surface area contributed by atoms with E-state index >= 15 is 0 Å². The standard InChI is InChI=1S/C20H26FN5O/c1-24(2)10-9-22-20(27)18-8-7-16(15-23-18)25-11-13-26(14-12-25)19-6-4-3-5-17(19)21/h3-8,15H,9-14H2,1-2H3,(H,22,27). The summed E-state index contributed by atoms with van der Waals surface area (Å²) in [4.78, 5) is 22.7. The molecule has 1 aliphatic rings. The smallest absolute Gasteiger partial charge is 0.269 e. The van der Waals surface area contributed by atoms with Gasteiger partial charge in [-0.25, -0.2) is 9.37 Å². The summed E-state index contributed by atoms with van der Waals surface area (Å²) >= 11 is 0. The predicted octanol–water partition coefficient (Wildman–Crippen LogP) is 1.84. The highest BCUT2D eigenvalue weighted by Crippen LogP contribution is 2.22. The van der Waals surface area contributed by atoms with Gasteiger partial charge in [0.1, 0.15) is 11.5 Å². The number of para-hydroxylation sites is 1. The van der Waals surface area contributed by atoms with Crippen LogP contribution in [0.2, 0.25) is 0 Å². The van der Waals surface area contributed by atoms with Crippen LogP contribution < -0.4 is 15.1 Å². The Hall–Kier alpha value is -2.67. The summed E-state index contributed by atoms with van der Waals surface area (Å²) in [5.74, 6) is -0.343. The number of hydrogen-bond donors (Lipinski definition) is 1. The van der Waals surface area contributed by atoms with Gasteiger partial charge in [-0.15, -0.1) is 0 Å². The van der Waals surface area contributed by atoms with Crippen LogP contribution in [0.3, 0.4) is 0 Å². The number of aromatic nitrogens is 1. The fourth-order valence-corrected chi connectivity index (χ4v) is 3.10. The van der Waals surface area contributed by atoms with Crippen molar-refractivity contribution in [2.24, 2.45) is 0 Å². The Kier molecular flexibility index (Phi) is 6.24. The largest absolute Gasteiger partial charge is 0.367 e. The second-order valence-electron chi connectivity index (χ2n) is 6.89. The van der Waals surface area contributed by atoms with Gasteiger partial charge in [-0.1, -0.05) is 12.1 Å². The van der Waals surface area contributed by atoms with Gasteiger partial charge in [0.15, 0.2) is 0 Å². The van der Waals surface area contributed by atoms with Crippen LogP contribution in [0, 0.1) is 5.82 Å². The SMILES string of the molecule is CN(C)CCNC(=O)c1ccc(N2CCN(c3ccccc3F)CC2)cn1. The highest BCUT2D eigenvalue weighted by atomic mass is 19.1. The first kappa shape index (κ1) is 19.1. The first-order valence-electron chi connectivity index (χ1n) is 9.18. The molecule has 0 unspecified atom stereocenters. The Balaban J connectivity index is 1.54. The van der Waals surface area contributed by atoms with E-state index in [1.807, 2.05) is 37.2 Å². The number of rotatable bonds is 6. The molecule has 27 heavy (non-hydrogen) atoms. The van der Waals surface area contributed by atoms with E-state index in [0.717, 1.165) is 38.4 Å². The Morgan fingerprint density at radius 3 is 2.44 bits per heavy atom. The Bertz CT molecular complexity index is 757. The summed E-state index contributed by atoms with van der Waals surface area (Å²) in [5, 5.41) is 2.86. The molecule has 1 N–H and O–H groups in total. The van der Waals surface area contributed by atoms with Crippen molar-refractivity contribution >= 4 is 17.3 Å². The average molecular weight is 371 g/mol. The lowest BCUT2D eigenvalue weighted by Gasteiger charge is -2.37. The molecule has 0 aliphatic carbocycles. The molecule has 1 aliphatic heterocycles. The number of anilines is 2. The third kappa shape index (κ3) is 4.95.